The molecule has 0 amide bonds. The second kappa shape index (κ2) is 5.30. The largest absolute Gasteiger partial charge is 0.293 e. The van der Waals surface area contributed by atoms with Gasteiger partial charge < -0.3 is 0 Å². The van der Waals surface area contributed by atoms with Crippen LogP contribution in [-0.4, -0.2) is 55.6 Å². The van der Waals surface area contributed by atoms with Crippen LogP contribution < -0.4 is 0 Å². The van der Waals surface area contributed by atoms with E-state index in [4.69, 9.17) is 0 Å². The highest BCUT2D eigenvalue weighted by Crippen LogP contribution is 2.47. The Bertz CT molecular complexity index is 658. The summed E-state index contributed by atoms with van der Waals surface area (Å²) in [6, 6.07) is 9.22. The second-order valence-electron chi connectivity index (χ2n) is 6.93. The molecule has 4 fully saturated rings. The summed E-state index contributed by atoms with van der Waals surface area (Å²) < 4.78 is 26.5. The summed E-state index contributed by atoms with van der Waals surface area (Å²) in [5.41, 5.74) is 1.35. The summed E-state index contributed by atoms with van der Waals surface area (Å²) in [5, 5.41) is 0. The van der Waals surface area contributed by atoms with Crippen molar-refractivity contribution >= 4 is 26.0 Å². The SMILES string of the molecule is CS(=O)(=O)N1C[C@@H]2C(c3ccc(Br)cc3)[C@H](C1)N2CC1CC1. The van der Waals surface area contributed by atoms with Crippen LogP contribution in [0.1, 0.15) is 24.3 Å². The van der Waals surface area contributed by atoms with Gasteiger partial charge in [0.15, 0.2) is 0 Å². The van der Waals surface area contributed by atoms with E-state index in [0.29, 0.717) is 31.1 Å². The van der Waals surface area contributed by atoms with Crippen molar-refractivity contribution in [2.45, 2.75) is 30.8 Å². The van der Waals surface area contributed by atoms with Gasteiger partial charge in [-0.05, 0) is 36.5 Å². The Balaban J connectivity index is 1.57. The number of benzene rings is 1. The van der Waals surface area contributed by atoms with Gasteiger partial charge in [0.25, 0.3) is 0 Å². The topological polar surface area (TPSA) is 40.6 Å². The van der Waals surface area contributed by atoms with Gasteiger partial charge in [-0.25, -0.2) is 8.42 Å². The molecule has 3 atom stereocenters. The fraction of sp³-hybridized carbons (Fsp3) is 0.625. The van der Waals surface area contributed by atoms with E-state index in [9.17, 15) is 8.42 Å². The number of hydrogen-bond acceptors (Lipinski definition) is 3. The molecular weight excluding hydrogens is 364 g/mol. The third-order valence-electron chi connectivity index (χ3n) is 5.35. The van der Waals surface area contributed by atoms with Crippen LogP contribution >= 0.6 is 15.9 Å². The summed E-state index contributed by atoms with van der Waals surface area (Å²) in [6.45, 7) is 2.44. The van der Waals surface area contributed by atoms with Crippen LogP contribution in [0.5, 0.6) is 0 Å². The van der Waals surface area contributed by atoms with E-state index in [-0.39, 0.29) is 0 Å². The molecule has 1 saturated carbocycles. The van der Waals surface area contributed by atoms with Crippen LogP contribution in [0.3, 0.4) is 0 Å². The lowest BCUT2D eigenvalue weighted by molar-refractivity contribution is -0.0711. The minimum absolute atomic E-state index is 0.343. The number of sulfonamides is 1. The van der Waals surface area contributed by atoms with Crippen LogP contribution in [0.15, 0.2) is 28.7 Å². The van der Waals surface area contributed by atoms with Gasteiger partial charge in [-0.15, -0.1) is 0 Å². The number of halogens is 1. The monoisotopic (exact) mass is 384 g/mol. The van der Waals surface area contributed by atoms with Crippen molar-refractivity contribution in [2.75, 3.05) is 25.9 Å². The van der Waals surface area contributed by atoms with Crippen molar-refractivity contribution in [1.82, 2.24) is 9.21 Å². The highest BCUT2D eigenvalue weighted by atomic mass is 79.9. The van der Waals surface area contributed by atoms with Crippen molar-refractivity contribution in [3.05, 3.63) is 34.3 Å². The van der Waals surface area contributed by atoms with Gasteiger partial charge >= 0.3 is 0 Å². The molecule has 1 aliphatic carbocycles. The Kier molecular flexibility index (Phi) is 3.64. The molecule has 1 unspecified atom stereocenters. The molecule has 1 aromatic carbocycles. The number of piperidine rings is 1. The fourth-order valence-electron chi connectivity index (χ4n) is 4.01. The van der Waals surface area contributed by atoms with Crippen molar-refractivity contribution in [1.29, 1.82) is 0 Å². The van der Waals surface area contributed by atoms with Crippen molar-refractivity contribution in [3.8, 4) is 0 Å². The Morgan fingerprint density at radius 2 is 1.73 bits per heavy atom. The molecule has 4 aliphatic rings. The van der Waals surface area contributed by atoms with Crippen LogP contribution in [0.4, 0.5) is 0 Å². The lowest BCUT2D eigenvalue weighted by Crippen LogP contribution is -2.73. The number of nitrogens with zero attached hydrogens (tertiary/aromatic N) is 2. The zero-order valence-electron chi connectivity index (χ0n) is 12.7. The predicted molar refractivity (Wildman–Crippen MR) is 90.3 cm³/mol. The first kappa shape index (κ1) is 15.1. The Labute approximate surface area is 140 Å². The summed E-state index contributed by atoms with van der Waals surface area (Å²) >= 11 is 3.49. The molecule has 0 aromatic heterocycles. The van der Waals surface area contributed by atoms with Crippen LogP contribution in [0.25, 0.3) is 0 Å². The highest BCUT2D eigenvalue weighted by molar-refractivity contribution is 9.10. The number of rotatable bonds is 4. The molecule has 22 heavy (non-hydrogen) atoms. The van der Waals surface area contributed by atoms with Crippen molar-refractivity contribution in [3.63, 3.8) is 0 Å². The molecule has 1 aromatic rings. The molecule has 0 radical (unpaired) electrons. The first-order valence-electron chi connectivity index (χ1n) is 7.90. The van der Waals surface area contributed by atoms with E-state index >= 15 is 0 Å². The standard InChI is InChI=1S/C16H21BrN2O2S/c1-22(20,21)18-9-14-16(12-4-6-13(17)7-5-12)15(10-18)19(14)8-11-2-3-11/h4-7,11,14-16H,2-3,8-10H2,1H3/t14-,15+,16?. The zero-order valence-corrected chi connectivity index (χ0v) is 15.1. The fourth-order valence-corrected chi connectivity index (χ4v) is 5.12. The minimum Gasteiger partial charge on any atom is -0.293 e. The molecule has 4 nitrogen and oxygen atoms in total. The second-order valence-corrected chi connectivity index (χ2v) is 9.83. The zero-order chi connectivity index (χ0) is 15.5. The van der Waals surface area contributed by atoms with E-state index in [0.717, 1.165) is 16.9 Å². The van der Waals surface area contributed by atoms with Gasteiger partial charge in [0, 0.05) is 42.1 Å². The third-order valence-corrected chi connectivity index (χ3v) is 7.12. The summed E-state index contributed by atoms with van der Waals surface area (Å²) in [4.78, 5) is 2.56. The Morgan fingerprint density at radius 1 is 1.14 bits per heavy atom. The lowest BCUT2D eigenvalue weighted by Gasteiger charge is -2.61. The van der Waals surface area contributed by atoms with Gasteiger partial charge in [-0.2, -0.15) is 4.31 Å². The molecule has 6 heteroatoms. The molecule has 2 bridgehead atoms. The first-order chi connectivity index (χ1) is 10.4. The molecule has 3 aliphatic heterocycles. The molecule has 3 saturated heterocycles. The maximum Gasteiger partial charge on any atom is 0.211 e. The minimum atomic E-state index is -3.08. The Hall–Kier alpha value is -0.430. The number of hydrogen-bond donors (Lipinski definition) is 0. The molecule has 0 spiro atoms. The lowest BCUT2D eigenvalue weighted by atomic mass is 9.72. The smallest absolute Gasteiger partial charge is 0.211 e. The molecule has 120 valence electrons. The highest BCUT2D eigenvalue weighted by Gasteiger charge is 2.55. The third kappa shape index (κ3) is 2.64. The number of piperazine rings is 1. The van der Waals surface area contributed by atoms with E-state index in [1.54, 1.807) is 4.31 Å². The van der Waals surface area contributed by atoms with Gasteiger partial charge in [0.05, 0.1) is 6.26 Å². The maximum atomic E-state index is 11.9. The summed E-state index contributed by atoms with van der Waals surface area (Å²) in [6.07, 6.45) is 4.01. The van der Waals surface area contributed by atoms with Gasteiger partial charge in [-0.3, -0.25) is 4.90 Å². The average Bonchev–Trinajstić information content (AvgIpc) is 3.29. The van der Waals surface area contributed by atoms with Gasteiger partial charge in [0.2, 0.25) is 10.0 Å². The van der Waals surface area contributed by atoms with Crippen molar-refractivity contribution < 1.29 is 8.42 Å². The molecule has 5 rings (SSSR count). The quantitative estimate of drug-likeness (QED) is 0.799. The van der Waals surface area contributed by atoms with E-state index in [1.807, 2.05) is 0 Å². The van der Waals surface area contributed by atoms with E-state index < -0.39 is 10.0 Å². The summed E-state index contributed by atoms with van der Waals surface area (Å²) in [7, 11) is -3.08. The molecule has 0 N–H and O–H groups in total. The number of fused-ring (bicyclic) bond motifs is 2. The molecular formula is C16H21BrN2O2S. The Morgan fingerprint density at radius 3 is 2.23 bits per heavy atom. The normalized spacial score (nSPS) is 32.7. The van der Waals surface area contributed by atoms with Gasteiger partial charge in [-0.1, -0.05) is 28.1 Å². The predicted octanol–water partition coefficient (Wildman–Crippen LogP) is 2.27. The van der Waals surface area contributed by atoms with E-state index in [2.05, 4.69) is 45.1 Å². The van der Waals surface area contributed by atoms with Crippen LogP contribution in [0.2, 0.25) is 0 Å². The van der Waals surface area contributed by atoms with Crippen LogP contribution in [0, 0.1) is 5.92 Å². The van der Waals surface area contributed by atoms with Crippen molar-refractivity contribution in [2.24, 2.45) is 5.92 Å². The first-order valence-corrected chi connectivity index (χ1v) is 10.5. The average molecular weight is 385 g/mol. The maximum absolute atomic E-state index is 11.9. The molecule has 3 heterocycles. The van der Waals surface area contributed by atoms with Crippen LogP contribution in [-0.2, 0) is 10.0 Å². The van der Waals surface area contributed by atoms with Gasteiger partial charge in [0.1, 0.15) is 0 Å². The van der Waals surface area contributed by atoms with E-state index in [1.165, 1.54) is 24.7 Å². The summed E-state index contributed by atoms with van der Waals surface area (Å²) in [5.74, 6) is 1.32.